The number of rotatable bonds is 6. The highest BCUT2D eigenvalue weighted by Gasteiger charge is 2.23. The Labute approximate surface area is 153 Å². The van der Waals surface area contributed by atoms with E-state index in [1.807, 2.05) is 38.1 Å². The molecule has 0 aliphatic rings. The highest BCUT2D eigenvalue weighted by molar-refractivity contribution is 5.98. The summed E-state index contributed by atoms with van der Waals surface area (Å²) in [5.74, 6) is 0.879. The molecule has 0 N–H and O–H groups in total. The van der Waals surface area contributed by atoms with Gasteiger partial charge in [0.15, 0.2) is 0 Å². The first kappa shape index (κ1) is 19.6. The molecular weight excluding hydrogens is 336 g/mol. The van der Waals surface area contributed by atoms with Gasteiger partial charge < -0.3 is 18.9 Å². The monoisotopic (exact) mass is 360 g/mol. The van der Waals surface area contributed by atoms with Gasteiger partial charge in [0.05, 0.1) is 13.2 Å². The lowest BCUT2D eigenvalue weighted by Gasteiger charge is -2.20. The maximum absolute atomic E-state index is 11.9. The van der Waals surface area contributed by atoms with Crippen LogP contribution < -0.4 is 9.47 Å². The predicted molar refractivity (Wildman–Crippen MR) is 98.0 cm³/mol. The summed E-state index contributed by atoms with van der Waals surface area (Å²) in [6.45, 7) is 7.79. The molecule has 6 nitrogen and oxygen atoms in total. The van der Waals surface area contributed by atoms with Gasteiger partial charge in [-0.05, 0) is 26.7 Å². The van der Waals surface area contributed by atoms with E-state index in [-0.39, 0.29) is 13.2 Å². The fourth-order valence-corrected chi connectivity index (χ4v) is 2.92. The second kappa shape index (κ2) is 9.08. The van der Waals surface area contributed by atoms with Crippen molar-refractivity contribution in [2.24, 2.45) is 0 Å². The average molecular weight is 360 g/mol. The standard InChI is InChI=1S/C20H24O6/c1-5-13-14(6-2)18(26-20(22)24-8-4)16-12-10-9-11-15(16)17(13)25-19(21)23-7-3/h9-12H,5-8H2,1-4H3. The zero-order chi connectivity index (χ0) is 19.1. The molecule has 140 valence electrons. The van der Waals surface area contributed by atoms with Gasteiger partial charge >= 0.3 is 12.3 Å². The molecule has 0 fully saturated rings. The summed E-state index contributed by atoms with van der Waals surface area (Å²) in [4.78, 5) is 23.8. The van der Waals surface area contributed by atoms with Crippen LogP contribution in [0.1, 0.15) is 38.8 Å². The second-order valence-corrected chi connectivity index (χ2v) is 5.44. The molecule has 2 rings (SSSR count). The zero-order valence-corrected chi connectivity index (χ0v) is 15.6. The minimum absolute atomic E-state index is 0.225. The van der Waals surface area contributed by atoms with Crippen LogP contribution in [0.3, 0.4) is 0 Å². The molecule has 0 saturated carbocycles. The molecule has 26 heavy (non-hydrogen) atoms. The van der Waals surface area contributed by atoms with E-state index in [9.17, 15) is 9.59 Å². The Morgan fingerprint density at radius 3 is 1.42 bits per heavy atom. The van der Waals surface area contributed by atoms with Crippen LogP contribution in [0, 0.1) is 0 Å². The fourth-order valence-electron chi connectivity index (χ4n) is 2.92. The van der Waals surface area contributed by atoms with Crippen LogP contribution in [-0.4, -0.2) is 25.5 Å². The first-order valence-electron chi connectivity index (χ1n) is 8.82. The summed E-state index contributed by atoms with van der Waals surface area (Å²) in [6, 6.07) is 7.31. The lowest BCUT2D eigenvalue weighted by Crippen LogP contribution is -2.15. The molecule has 2 aromatic rings. The molecular formula is C20H24O6. The van der Waals surface area contributed by atoms with Gasteiger partial charge in [-0.25, -0.2) is 9.59 Å². The van der Waals surface area contributed by atoms with Crippen molar-refractivity contribution in [1.82, 2.24) is 0 Å². The molecule has 0 saturated heterocycles. The molecule has 0 aliphatic carbocycles. The van der Waals surface area contributed by atoms with Crippen molar-refractivity contribution in [3.05, 3.63) is 35.4 Å². The van der Waals surface area contributed by atoms with Gasteiger partial charge in [-0.1, -0.05) is 38.1 Å². The van der Waals surface area contributed by atoms with Crippen LogP contribution in [0.25, 0.3) is 10.8 Å². The summed E-state index contributed by atoms with van der Waals surface area (Å²) in [5.41, 5.74) is 1.61. The van der Waals surface area contributed by atoms with E-state index >= 15 is 0 Å². The first-order valence-corrected chi connectivity index (χ1v) is 8.82. The lowest BCUT2D eigenvalue weighted by molar-refractivity contribution is 0.102. The van der Waals surface area contributed by atoms with Gasteiger partial charge in [0.25, 0.3) is 0 Å². The van der Waals surface area contributed by atoms with Gasteiger partial charge in [-0.15, -0.1) is 0 Å². The van der Waals surface area contributed by atoms with Crippen molar-refractivity contribution in [3.8, 4) is 11.5 Å². The Morgan fingerprint density at radius 1 is 0.731 bits per heavy atom. The number of fused-ring (bicyclic) bond motifs is 1. The molecule has 0 spiro atoms. The third-order valence-electron chi connectivity index (χ3n) is 3.93. The molecule has 2 aromatic carbocycles. The minimum atomic E-state index is -0.756. The van der Waals surface area contributed by atoms with E-state index < -0.39 is 12.3 Å². The highest BCUT2D eigenvalue weighted by Crippen LogP contribution is 2.42. The summed E-state index contributed by atoms with van der Waals surface area (Å²) >= 11 is 0. The van der Waals surface area contributed by atoms with E-state index in [0.717, 1.165) is 11.1 Å². The van der Waals surface area contributed by atoms with E-state index in [0.29, 0.717) is 35.1 Å². The van der Waals surface area contributed by atoms with Crippen LogP contribution in [0.5, 0.6) is 11.5 Å². The molecule has 0 atom stereocenters. The van der Waals surface area contributed by atoms with Crippen molar-refractivity contribution in [2.45, 2.75) is 40.5 Å². The number of ether oxygens (including phenoxy) is 4. The Bertz CT molecular complexity index is 730. The number of hydrogen-bond acceptors (Lipinski definition) is 6. The molecule has 0 bridgehead atoms. The summed E-state index contributed by atoms with van der Waals surface area (Å²) in [6.07, 6.45) is -0.314. The van der Waals surface area contributed by atoms with Crippen molar-refractivity contribution in [3.63, 3.8) is 0 Å². The number of carbonyl (C=O) groups excluding carboxylic acids is 2. The van der Waals surface area contributed by atoms with Gasteiger partial charge in [0, 0.05) is 21.9 Å². The van der Waals surface area contributed by atoms with Gasteiger partial charge in [-0.3, -0.25) is 0 Å². The normalized spacial score (nSPS) is 10.5. The Balaban J connectivity index is 2.69. The van der Waals surface area contributed by atoms with E-state index in [2.05, 4.69) is 0 Å². The first-order chi connectivity index (χ1) is 12.6. The lowest BCUT2D eigenvalue weighted by atomic mass is 9.94. The zero-order valence-electron chi connectivity index (χ0n) is 15.6. The highest BCUT2D eigenvalue weighted by atomic mass is 16.7. The SMILES string of the molecule is CCOC(=O)Oc1c(CC)c(CC)c(OC(=O)OCC)c2ccccc12. The topological polar surface area (TPSA) is 71.1 Å². The molecule has 0 radical (unpaired) electrons. The largest absolute Gasteiger partial charge is 0.513 e. The van der Waals surface area contributed by atoms with Crippen LogP contribution in [0.4, 0.5) is 9.59 Å². The number of hydrogen-bond donors (Lipinski definition) is 0. The molecule has 0 heterocycles. The third kappa shape index (κ3) is 4.07. The molecule has 0 aromatic heterocycles. The minimum Gasteiger partial charge on any atom is -0.434 e. The summed E-state index contributed by atoms with van der Waals surface area (Å²) in [5, 5.41) is 1.35. The molecule has 0 amide bonds. The van der Waals surface area contributed by atoms with Crippen LogP contribution >= 0.6 is 0 Å². The number of benzene rings is 2. The van der Waals surface area contributed by atoms with Crippen LogP contribution in [0.15, 0.2) is 24.3 Å². The van der Waals surface area contributed by atoms with Crippen molar-refractivity contribution < 1.29 is 28.5 Å². The number of carbonyl (C=O) groups is 2. The average Bonchev–Trinajstić information content (AvgIpc) is 2.63. The van der Waals surface area contributed by atoms with Crippen molar-refractivity contribution >= 4 is 23.1 Å². The Morgan fingerprint density at radius 2 is 1.12 bits per heavy atom. The van der Waals surface area contributed by atoms with Crippen molar-refractivity contribution in [1.29, 1.82) is 0 Å². The van der Waals surface area contributed by atoms with Gasteiger partial charge in [0.2, 0.25) is 0 Å². The third-order valence-corrected chi connectivity index (χ3v) is 3.93. The van der Waals surface area contributed by atoms with Gasteiger partial charge in [0.1, 0.15) is 11.5 Å². The maximum Gasteiger partial charge on any atom is 0.513 e. The van der Waals surface area contributed by atoms with Crippen LogP contribution in [0.2, 0.25) is 0 Å². The molecule has 0 unspecified atom stereocenters. The second-order valence-electron chi connectivity index (χ2n) is 5.44. The summed E-state index contributed by atoms with van der Waals surface area (Å²) < 4.78 is 20.9. The van der Waals surface area contributed by atoms with E-state index in [1.54, 1.807) is 13.8 Å². The smallest absolute Gasteiger partial charge is 0.434 e. The molecule has 0 aliphatic heterocycles. The fraction of sp³-hybridized carbons (Fsp3) is 0.400. The summed E-state index contributed by atoms with van der Waals surface area (Å²) in [7, 11) is 0. The van der Waals surface area contributed by atoms with Gasteiger partial charge in [-0.2, -0.15) is 0 Å². The van der Waals surface area contributed by atoms with Crippen LogP contribution in [-0.2, 0) is 22.3 Å². The predicted octanol–water partition coefficient (Wildman–Crippen LogP) is 5.04. The van der Waals surface area contributed by atoms with E-state index in [1.165, 1.54) is 0 Å². The Kier molecular flexibility index (Phi) is 6.83. The maximum atomic E-state index is 11.9. The van der Waals surface area contributed by atoms with Crippen molar-refractivity contribution in [2.75, 3.05) is 13.2 Å². The molecule has 6 heteroatoms. The van der Waals surface area contributed by atoms with E-state index in [4.69, 9.17) is 18.9 Å². The Hall–Kier alpha value is -2.76. The quantitative estimate of drug-likeness (QED) is 0.531.